The van der Waals surface area contributed by atoms with Crippen molar-refractivity contribution in [3.8, 4) is 5.75 Å². The Bertz CT molecular complexity index is 818. The number of methoxy groups -OCH3 is 1. The Kier molecular flexibility index (Phi) is 7.25. The van der Waals surface area contributed by atoms with Gasteiger partial charge in [0.25, 0.3) is 0 Å². The molecule has 6 heteroatoms. The van der Waals surface area contributed by atoms with Crippen molar-refractivity contribution in [1.29, 1.82) is 0 Å². The number of benzene rings is 2. The van der Waals surface area contributed by atoms with Crippen LogP contribution in [0.3, 0.4) is 0 Å². The van der Waals surface area contributed by atoms with Crippen molar-refractivity contribution in [2.75, 3.05) is 30.8 Å². The van der Waals surface area contributed by atoms with Crippen LogP contribution in [0, 0.1) is 0 Å². The van der Waals surface area contributed by atoms with E-state index in [0.29, 0.717) is 12.2 Å². The Balaban J connectivity index is 1.64. The molecule has 1 saturated heterocycles. The third-order valence-corrected chi connectivity index (χ3v) is 5.20. The number of nitrogens with one attached hydrogen (secondary N) is 2. The van der Waals surface area contributed by atoms with Crippen molar-refractivity contribution in [3.05, 3.63) is 54.1 Å². The molecule has 3 rings (SSSR count). The number of rotatable bonds is 6. The number of ether oxygens (including phenoxy) is 1. The molecule has 0 aromatic heterocycles. The monoisotopic (exact) mass is 395 g/mol. The molecule has 0 bridgehead atoms. The molecule has 1 atom stereocenters. The zero-order valence-electron chi connectivity index (χ0n) is 17.1. The fourth-order valence-electron chi connectivity index (χ4n) is 3.79. The van der Waals surface area contributed by atoms with Crippen LogP contribution >= 0.6 is 0 Å². The molecule has 1 aliphatic rings. The van der Waals surface area contributed by atoms with Gasteiger partial charge in [0, 0.05) is 24.3 Å². The standard InChI is InChI=1S/C23H29N3O3/c1-17(27)24-19-9-11-20(12-10-19)25-23(28)16-26-15-5-3-4-6-22(26)18-7-13-21(29-2)14-8-18/h7-14,22H,3-6,15-16H2,1-2H3,(H,24,27)(H,25,28). The van der Waals surface area contributed by atoms with E-state index in [-0.39, 0.29) is 17.9 Å². The molecule has 0 radical (unpaired) electrons. The van der Waals surface area contributed by atoms with Crippen LogP contribution in [0.5, 0.6) is 5.75 Å². The predicted molar refractivity (Wildman–Crippen MR) is 115 cm³/mol. The van der Waals surface area contributed by atoms with E-state index in [1.807, 2.05) is 12.1 Å². The van der Waals surface area contributed by atoms with E-state index in [0.717, 1.165) is 30.8 Å². The van der Waals surface area contributed by atoms with Crippen LogP contribution in [0.2, 0.25) is 0 Å². The average Bonchev–Trinajstić information content (AvgIpc) is 2.94. The largest absolute Gasteiger partial charge is 0.497 e. The molecule has 2 N–H and O–H groups in total. The summed E-state index contributed by atoms with van der Waals surface area (Å²) in [6, 6.07) is 15.5. The number of carbonyl (C=O) groups is 2. The van der Waals surface area contributed by atoms with Gasteiger partial charge >= 0.3 is 0 Å². The Labute approximate surface area is 172 Å². The van der Waals surface area contributed by atoms with Crippen molar-refractivity contribution >= 4 is 23.2 Å². The lowest BCUT2D eigenvalue weighted by Gasteiger charge is -2.29. The topological polar surface area (TPSA) is 70.7 Å². The van der Waals surface area contributed by atoms with Crippen LogP contribution in [-0.2, 0) is 9.59 Å². The zero-order valence-corrected chi connectivity index (χ0v) is 17.1. The summed E-state index contributed by atoms with van der Waals surface area (Å²) in [7, 11) is 1.67. The van der Waals surface area contributed by atoms with Gasteiger partial charge in [0.15, 0.2) is 0 Å². The van der Waals surface area contributed by atoms with Crippen LogP contribution < -0.4 is 15.4 Å². The summed E-state index contributed by atoms with van der Waals surface area (Å²) in [6.07, 6.45) is 4.51. The highest BCUT2D eigenvalue weighted by atomic mass is 16.5. The number of hydrogen-bond acceptors (Lipinski definition) is 4. The van der Waals surface area contributed by atoms with E-state index in [1.54, 1.807) is 31.4 Å². The third-order valence-electron chi connectivity index (χ3n) is 5.20. The SMILES string of the molecule is COc1ccc(C2CCCCCN2CC(=O)Nc2ccc(NC(C)=O)cc2)cc1. The fraction of sp³-hybridized carbons (Fsp3) is 0.391. The van der Waals surface area contributed by atoms with Gasteiger partial charge in [-0.2, -0.15) is 0 Å². The van der Waals surface area contributed by atoms with Crippen LogP contribution in [-0.4, -0.2) is 36.9 Å². The molecule has 1 unspecified atom stereocenters. The van der Waals surface area contributed by atoms with Gasteiger partial charge in [-0.05, 0) is 61.3 Å². The lowest BCUT2D eigenvalue weighted by Crippen LogP contribution is -2.36. The summed E-state index contributed by atoms with van der Waals surface area (Å²) in [4.78, 5) is 26.1. The van der Waals surface area contributed by atoms with Crippen molar-refractivity contribution < 1.29 is 14.3 Å². The second kappa shape index (κ2) is 10.1. The van der Waals surface area contributed by atoms with Crippen molar-refractivity contribution in [2.45, 2.75) is 38.6 Å². The highest BCUT2D eigenvalue weighted by Crippen LogP contribution is 2.31. The normalized spacial score (nSPS) is 17.2. The van der Waals surface area contributed by atoms with Gasteiger partial charge in [0.1, 0.15) is 5.75 Å². The summed E-state index contributed by atoms with van der Waals surface area (Å²) in [5.41, 5.74) is 2.66. The first-order chi connectivity index (χ1) is 14.0. The maximum absolute atomic E-state index is 12.7. The quantitative estimate of drug-likeness (QED) is 0.769. The van der Waals surface area contributed by atoms with E-state index in [2.05, 4.69) is 27.7 Å². The van der Waals surface area contributed by atoms with E-state index in [4.69, 9.17) is 4.74 Å². The molecular weight excluding hydrogens is 366 g/mol. The van der Waals surface area contributed by atoms with Gasteiger partial charge < -0.3 is 15.4 Å². The number of nitrogens with zero attached hydrogens (tertiary/aromatic N) is 1. The average molecular weight is 396 g/mol. The molecule has 1 aliphatic heterocycles. The molecule has 0 spiro atoms. The second-order valence-electron chi connectivity index (χ2n) is 7.42. The van der Waals surface area contributed by atoms with Crippen molar-refractivity contribution in [1.82, 2.24) is 4.90 Å². The molecule has 1 heterocycles. The minimum absolute atomic E-state index is 0.0299. The minimum Gasteiger partial charge on any atom is -0.497 e. The number of hydrogen-bond donors (Lipinski definition) is 2. The Morgan fingerprint density at radius 2 is 1.62 bits per heavy atom. The highest BCUT2D eigenvalue weighted by Gasteiger charge is 2.24. The Hall–Kier alpha value is -2.86. The van der Waals surface area contributed by atoms with Crippen LogP contribution in [0.25, 0.3) is 0 Å². The number of anilines is 2. The predicted octanol–water partition coefficient (Wildman–Crippen LogP) is 4.21. The van der Waals surface area contributed by atoms with Gasteiger partial charge in [0.2, 0.25) is 11.8 Å². The molecule has 6 nitrogen and oxygen atoms in total. The number of likely N-dealkylation sites (tertiary alicyclic amines) is 1. The minimum atomic E-state index is -0.118. The fourth-order valence-corrected chi connectivity index (χ4v) is 3.79. The first kappa shape index (κ1) is 20.9. The highest BCUT2D eigenvalue weighted by molar-refractivity contribution is 5.93. The van der Waals surface area contributed by atoms with E-state index in [1.165, 1.54) is 25.3 Å². The molecule has 2 aromatic rings. The molecular formula is C23H29N3O3. The summed E-state index contributed by atoms with van der Waals surface area (Å²) < 4.78 is 5.27. The Morgan fingerprint density at radius 1 is 0.966 bits per heavy atom. The van der Waals surface area contributed by atoms with Crippen molar-refractivity contribution in [2.24, 2.45) is 0 Å². The van der Waals surface area contributed by atoms with Gasteiger partial charge in [0.05, 0.1) is 13.7 Å². The number of carbonyl (C=O) groups excluding carboxylic acids is 2. The molecule has 154 valence electrons. The molecule has 2 amide bonds. The van der Waals surface area contributed by atoms with Gasteiger partial charge in [-0.15, -0.1) is 0 Å². The lowest BCUT2D eigenvalue weighted by molar-refractivity contribution is -0.118. The zero-order chi connectivity index (χ0) is 20.6. The van der Waals surface area contributed by atoms with Gasteiger partial charge in [-0.1, -0.05) is 25.0 Å². The summed E-state index contributed by atoms with van der Waals surface area (Å²) >= 11 is 0. The summed E-state index contributed by atoms with van der Waals surface area (Å²) in [5, 5.41) is 5.69. The first-order valence-corrected chi connectivity index (χ1v) is 10.1. The Morgan fingerprint density at radius 3 is 2.24 bits per heavy atom. The van der Waals surface area contributed by atoms with Crippen LogP contribution in [0.15, 0.2) is 48.5 Å². The first-order valence-electron chi connectivity index (χ1n) is 10.1. The maximum Gasteiger partial charge on any atom is 0.238 e. The second-order valence-corrected chi connectivity index (χ2v) is 7.42. The van der Waals surface area contributed by atoms with E-state index < -0.39 is 0 Å². The molecule has 1 fully saturated rings. The van der Waals surface area contributed by atoms with Crippen LogP contribution in [0.1, 0.15) is 44.2 Å². The van der Waals surface area contributed by atoms with E-state index >= 15 is 0 Å². The molecule has 0 aliphatic carbocycles. The van der Waals surface area contributed by atoms with Crippen molar-refractivity contribution in [3.63, 3.8) is 0 Å². The molecule has 0 saturated carbocycles. The molecule has 2 aromatic carbocycles. The summed E-state index contributed by atoms with van der Waals surface area (Å²) in [6.45, 7) is 2.73. The molecule has 29 heavy (non-hydrogen) atoms. The smallest absolute Gasteiger partial charge is 0.238 e. The number of amides is 2. The third kappa shape index (κ3) is 6.06. The van der Waals surface area contributed by atoms with Crippen LogP contribution in [0.4, 0.5) is 11.4 Å². The maximum atomic E-state index is 12.7. The van der Waals surface area contributed by atoms with Gasteiger partial charge in [-0.3, -0.25) is 14.5 Å². The van der Waals surface area contributed by atoms with Gasteiger partial charge in [-0.25, -0.2) is 0 Å². The lowest BCUT2D eigenvalue weighted by atomic mass is 10.0. The van der Waals surface area contributed by atoms with E-state index in [9.17, 15) is 9.59 Å². The summed E-state index contributed by atoms with van der Waals surface area (Å²) in [5.74, 6) is 0.694.